The molecule has 1 aliphatic rings. The van der Waals surface area contributed by atoms with Gasteiger partial charge < -0.3 is 11.1 Å². The highest BCUT2D eigenvalue weighted by molar-refractivity contribution is 5.95. The van der Waals surface area contributed by atoms with Crippen LogP contribution in [0.15, 0.2) is 42.5 Å². The van der Waals surface area contributed by atoms with E-state index in [1.807, 2.05) is 25.1 Å². The lowest BCUT2D eigenvalue weighted by Crippen LogP contribution is -2.33. The van der Waals surface area contributed by atoms with Crippen LogP contribution in [0.1, 0.15) is 33.0 Å². The first-order chi connectivity index (χ1) is 9.63. The van der Waals surface area contributed by atoms with Crippen molar-refractivity contribution in [1.29, 1.82) is 0 Å². The van der Waals surface area contributed by atoms with E-state index in [0.717, 1.165) is 12.0 Å². The van der Waals surface area contributed by atoms with Crippen LogP contribution in [0, 0.1) is 6.92 Å². The van der Waals surface area contributed by atoms with Gasteiger partial charge >= 0.3 is 0 Å². The van der Waals surface area contributed by atoms with E-state index in [1.165, 1.54) is 11.1 Å². The van der Waals surface area contributed by atoms with Crippen molar-refractivity contribution in [3.05, 3.63) is 64.7 Å². The average Bonchev–Trinajstić information content (AvgIpc) is 2.38. The Bertz CT molecular complexity index is 644. The van der Waals surface area contributed by atoms with E-state index in [-0.39, 0.29) is 5.91 Å². The van der Waals surface area contributed by atoms with Crippen molar-refractivity contribution >= 4 is 11.6 Å². The van der Waals surface area contributed by atoms with Gasteiger partial charge in [-0.2, -0.15) is 0 Å². The SMILES string of the molecule is Cc1cc(N)cc(C(=O)NCC2Cc3ccccc32)c1. The number of hydrogen-bond acceptors (Lipinski definition) is 2. The maximum Gasteiger partial charge on any atom is 0.251 e. The Balaban J connectivity index is 1.64. The summed E-state index contributed by atoms with van der Waals surface area (Å²) in [6.45, 7) is 2.62. The third-order valence-corrected chi connectivity index (χ3v) is 3.83. The number of nitrogens with one attached hydrogen (secondary N) is 1. The summed E-state index contributed by atoms with van der Waals surface area (Å²) in [6, 6.07) is 13.8. The molecular formula is C17H18N2O. The highest BCUT2D eigenvalue weighted by Gasteiger charge is 2.25. The smallest absolute Gasteiger partial charge is 0.251 e. The van der Waals surface area contributed by atoms with Crippen molar-refractivity contribution in [2.45, 2.75) is 19.3 Å². The van der Waals surface area contributed by atoms with Gasteiger partial charge in [0, 0.05) is 23.7 Å². The molecule has 102 valence electrons. The number of carbonyl (C=O) groups excluding carboxylic acids is 1. The molecule has 1 atom stereocenters. The summed E-state index contributed by atoms with van der Waals surface area (Å²) in [7, 11) is 0. The Kier molecular flexibility index (Phi) is 3.18. The molecule has 1 aliphatic carbocycles. The first-order valence-electron chi connectivity index (χ1n) is 6.86. The van der Waals surface area contributed by atoms with Crippen molar-refractivity contribution in [3.8, 4) is 0 Å². The maximum absolute atomic E-state index is 12.1. The first-order valence-corrected chi connectivity index (χ1v) is 6.86. The quantitative estimate of drug-likeness (QED) is 0.839. The van der Waals surface area contributed by atoms with E-state index in [9.17, 15) is 4.79 Å². The van der Waals surface area contributed by atoms with Crippen molar-refractivity contribution in [1.82, 2.24) is 5.32 Å². The number of anilines is 1. The number of rotatable bonds is 3. The first kappa shape index (κ1) is 12.7. The molecule has 3 nitrogen and oxygen atoms in total. The fraction of sp³-hybridized carbons (Fsp3) is 0.235. The second kappa shape index (κ2) is 5.00. The summed E-state index contributed by atoms with van der Waals surface area (Å²) in [6.07, 6.45) is 1.05. The van der Waals surface area contributed by atoms with Gasteiger partial charge in [-0.05, 0) is 48.2 Å². The molecule has 0 saturated heterocycles. The Labute approximate surface area is 118 Å². The van der Waals surface area contributed by atoms with Crippen LogP contribution in [-0.2, 0) is 6.42 Å². The lowest BCUT2D eigenvalue weighted by molar-refractivity contribution is 0.0950. The fourth-order valence-electron chi connectivity index (χ4n) is 2.81. The van der Waals surface area contributed by atoms with Crippen molar-refractivity contribution < 1.29 is 4.79 Å². The van der Waals surface area contributed by atoms with E-state index < -0.39 is 0 Å². The van der Waals surface area contributed by atoms with Gasteiger partial charge in [-0.3, -0.25) is 4.79 Å². The summed E-state index contributed by atoms with van der Waals surface area (Å²) in [5.74, 6) is 0.391. The highest BCUT2D eigenvalue weighted by atomic mass is 16.1. The van der Waals surface area contributed by atoms with Gasteiger partial charge in [0.05, 0.1) is 0 Å². The van der Waals surface area contributed by atoms with Crippen molar-refractivity contribution in [2.24, 2.45) is 0 Å². The summed E-state index contributed by atoms with van der Waals surface area (Å²) < 4.78 is 0. The largest absolute Gasteiger partial charge is 0.399 e. The molecule has 3 N–H and O–H groups in total. The van der Waals surface area contributed by atoms with E-state index >= 15 is 0 Å². The van der Waals surface area contributed by atoms with Crippen LogP contribution in [0.5, 0.6) is 0 Å². The number of aryl methyl sites for hydroxylation is 1. The molecule has 1 unspecified atom stereocenters. The summed E-state index contributed by atoms with van der Waals surface area (Å²) >= 11 is 0. The minimum Gasteiger partial charge on any atom is -0.399 e. The molecule has 0 spiro atoms. The zero-order valence-electron chi connectivity index (χ0n) is 11.5. The second-order valence-corrected chi connectivity index (χ2v) is 5.44. The molecule has 0 aliphatic heterocycles. The van der Waals surface area contributed by atoms with Crippen LogP contribution < -0.4 is 11.1 Å². The number of nitrogen functional groups attached to an aromatic ring is 1. The Morgan fingerprint density at radius 1 is 1.30 bits per heavy atom. The molecule has 0 aromatic heterocycles. The predicted molar refractivity (Wildman–Crippen MR) is 80.8 cm³/mol. The predicted octanol–water partition coefficient (Wildman–Crippen LogP) is 2.65. The molecular weight excluding hydrogens is 248 g/mol. The number of amides is 1. The van der Waals surface area contributed by atoms with Gasteiger partial charge in [-0.1, -0.05) is 24.3 Å². The van der Waals surface area contributed by atoms with Crippen LogP contribution in [-0.4, -0.2) is 12.5 Å². The highest BCUT2D eigenvalue weighted by Crippen LogP contribution is 2.34. The average molecular weight is 266 g/mol. The molecule has 2 aromatic rings. The standard InChI is InChI=1S/C17H18N2O/c1-11-6-13(9-15(18)7-11)17(20)19-10-14-8-12-4-2-3-5-16(12)14/h2-7,9,14H,8,10,18H2,1H3,(H,19,20). The van der Waals surface area contributed by atoms with Gasteiger partial charge in [0.2, 0.25) is 0 Å². The molecule has 0 fully saturated rings. The molecule has 3 heteroatoms. The zero-order valence-corrected chi connectivity index (χ0v) is 11.5. The van der Waals surface area contributed by atoms with Crippen LogP contribution in [0.3, 0.4) is 0 Å². The van der Waals surface area contributed by atoms with Crippen LogP contribution >= 0.6 is 0 Å². The normalized spacial score (nSPS) is 16.1. The Morgan fingerprint density at radius 2 is 2.10 bits per heavy atom. The van der Waals surface area contributed by atoms with E-state index in [2.05, 4.69) is 23.5 Å². The fourth-order valence-corrected chi connectivity index (χ4v) is 2.81. The molecule has 0 radical (unpaired) electrons. The van der Waals surface area contributed by atoms with Crippen LogP contribution in [0.25, 0.3) is 0 Å². The third kappa shape index (κ3) is 2.39. The number of nitrogens with two attached hydrogens (primary N) is 1. The van der Waals surface area contributed by atoms with E-state index in [4.69, 9.17) is 5.73 Å². The number of hydrogen-bond donors (Lipinski definition) is 2. The van der Waals surface area contributed by atoms with Gasteiger partial charge in [0.1, 0.15) is 0 Å². The molecule has 1 amide bonds. The summed E-state index contributed by atoms with van der Waals surface area (Å²) in [4.78, 5) is 12.1. The van der Waals surface area contributed by atoms with E-state index in [0.29, 0.717) is 23.7 Å². The molecule has 2 aromatic carbocycles. The number of carbonyl (C=O) groups is 1. The third-order valence-electron chi connectivity index (χ3n) is 3.83. The van der Waals surface area contributed by atoms with Crippen LogP contribution in [0.2, 0.25) is 0 Å². The van der Waals surface area contributed by atoms with Gasteiger partial charge in [-0.25, -0.2) is 0 Å². The molecule has 0 heterocycles. The molecule has 3 rings (SSSR count). The van der Waals surface area contributed by atoms with Gasteiger partial charge in [0.25, 0.3) is 5.91 Å². The van der Waals surface area contributed by atoms with Crippen molar-refractivity contribution in [3.63, 3.8) is 0 Å². The number of fused-ring (bicyclic) bond motifs is 1. The number of benzene rings is 2. The minimum absolute atomic E-state index is 0.0511. The van der Waals surface area contributed by atoms with Crippen LogP contribution in [0.4, 0.5) is 5.69 Å². The molecule has 20 heavy (non-hydrogen) atoms. The van der Waals surface area contributed by atoms with Gasteiger partial charge in [-0.15, -0.1) is 0 Å². The lowest BCUT2D eigenvalue weighted by atomic mass is 9.77. The molecule has 0 bridgehead atoms. The Hall–Kier alpha value is -2.29. The lowest BCUT2D eigenvalue weighted by Gasteiger charge is -2.30. The second-order valence-electron chi connectivity index (χ2n) is 5.44. The summed E-state index contributed by atoms with van der Waals surface area (Å²) in [5, 5.41) is 3.00. The topological polar surface area (TPSA) is 55.1 Å². The maximum atomic E-state index is 12.1. The van der Waals surface area contributed by atoms with E-state index in [1.54, 1.807) is 6.07 Å². The zero-order chi connectivity index (χ0) is 14.1. The summed E-state index contributed by atoms with van der Waals surface area (Å²) in [5.41, 5.74) is 10.8. The molecule has 0 saturated carbocycles. The Morgan fingerprint density at radius 3 is 2.85 bits per heavy atom. The monoisotopic (exact) mass is 266 g/mol. The van der Waals surface area contributed by atoms with Gasteiger partial charge in [0.15, 0.2) is 0 Å². The van der Waals surface area contributed by atoms with Crippen molar-refractivity contribution in [2.75, 3.05) is 12.3 Å². The minimum atomic E-state index is -0.0511.